The van der Waals surface area contributed by atoms with E-state index in [2.05, 4.69) is 20.4 Å². The first kappa shape index (κ1) is 15.4. The van der Waals surface area contributed by atoms with Gasteiger partial charge in [0.25, 0.3) is 5.91 Å². The van der Waals surface area contributed by atoms with Crippen LogP contribution in [0.15, 0.2) is 36.8 Å². The number of H-pyrrole nitrogens is 1. The summed E-state index contributed by atoms with van der Waals surface area (Å²) >= 11 is 0. The maximum absolute atomic E-state index is 12.7. The monoisotopic (exact) mass is 338 g/mol. The van der Waals surface area contributed by atoms with Gasteiger partial charge in [-0.1, -0.05) is 0 Å². The molecule has 8 heteroatoms. The number of aromatic amines is 1. The summed E-state index contributed by atoms with van der Waals surface area (Å²) in [6.07, 6.45) is 3.55. The first-order valence-electron chi connectivity index (χ1n) is 8.02. The van der Waals surface area contributed by atoms with Gasteiger partial charge < -0.3 is 15.2 Å². The number of hydrogen-bond donors (Lipinski definition) is 2. The van der Waals surface area contributed by atoms with E-state index in [0.29, 0.717) is 5.56 Å². The van der Waals surface area contributed by atoms with Crippen molar-refractivity contribution in [2.24, 2.45) is 7.05 Å². The van der Waals surface area contributed by atoms with Crippen LogP contribution in [0.3, 0.4) is 0 Å². The summed E-state index contributed by atoms with van der Waals surface area (Å²) in [7, 11) is 3.58. The highest BCUT2D eigenvalue weighted by Gasteiger charge is 2.40. The van der Waals surface area contributed by atoms with Crippen LogP contribution in [0.5, 0.6) is 0 Å². The molecule has 8 nitrogen and oxygen atoms in total. The minimum atomic E-state index is -0.308. The minimum Gasteiger partial charge on any atom is -0.346 e. The Kier molecular flexibility index (Phi) is 3.52. The Morgan fingerprint density at radius 3 is 2.92 bits per heavy atom. The average Bonchev–Trinajstić information content (AvgIpc) is 3.28. The second kappa shape index (κ2) is 5.73. The van der Waals surface area contributed by atoms with Gasteiger partial charge >= 0.3 is 0 Å². The molecule has 1 aliphatic heterocycles. The van der Waals surface area contributed by atoms with Gasteiger partial charge in [-0.3, -0.25) is 14.3 Å². The zero-order valence-corrected chi connectivity index (χ0v) is 13.9. The zero-order valence-electron chi connectivity index (χ0n) is 13.9. The molecule has 1 saturated heterocycles. The number of amides is 2. The molecule has 0 radical (unpaired) electrons. The van der Waals surface area contributed by atoms with E-state index in [9.17, 15) is 9.59 Å². The summed E-state index contributed by atoms with van der Waals surface area (Å²) in [4.78, 5) is 33.7. The predicted molar refractivity (Wildman–Crippen MR) is 90.7 cm³/mol. The third-order valence-corrected chi connectivity index (χ3v) is 4.75. The normalized spacial score (nSPS) is 20.4. The lowest BCUT2D eigenvalue weighted by molar-refractivity contribution is -0.127. The molecule has 0 spiro atoms. The number of fused-ring (bicyclic) bond motifs is 1. The number of likely N-dealkylation sites (tertiary alicyclic amines) is 1. The SMILES string of the molecule is CN1C(=O)C[C@@H](NC(=O)c2ccc3nc[nH]c3c2)[C@@H]1c1ccnn1C. The van der Waals surface area contributed by atoms with Crippen molar-refractivity contribution in [1.29, 1.82) is 0 Å². The van der Waals surface area contributed by atoms with Gasteiger partial charge in [-0.25, -0.2) is 4.98 Å². The van der Waals surface area contributed by atoms with Gasteiger partial charge in [0, 0.05) is 32.3 Å². The number of nitrogens with zero attached hydrogens (tertiary/aromatic N) is 4. The highest BCUT2D eigenvalue weighted by atomic mass is 16.2. The second-order valence-electron chi connectivity index (χ2n) is 6.25. The van der Waals surface area contributed by atoms with Crippen LogP contribution in [-0.4, -0.2) is 49.6 Å². The summed E-state index contributed by atoms with van der Waals surface area (Å²) in [5.41, 5.74) is 3.03. The summed E-state index contributed by atoms with van der Waals surface area (Å²) < 4.78 is 1.73. The minimum absolute atomic E-state index is 0.000481. The Labute approximate surface area is 143 Å². The molecule has 2 N–H and O–H groups in total. The quantitative estimate of drug-likeness (QED) is 0.745. The first-order chi connectivity index (χ1) is 12.0. The molecule has 1 aliphatic rings. The fourth-order valence-electron chi connectivity index (χ4n) is 3.41. The molecular weight excluding hydrogens is 320 g/mol. The van der Waals surface area contributed by atoms with Crippen LogP contribution >= 0.6 is 0 Å². The molecular formula is C17H18N6O2. The van der Waals surface area contributed by atoms with Crippen molar-refractivity contribution < 1.29 is 9.59 Å². The molecule has 0 bridgehead atoms. The molecule has 0 aliphatic carbocycles. The Hall–Kier alpha value is -3.16. The summed E-state index contributed by atoms with van der Waals surface area (Å²) in [6.45, 7) is 0. The van der Waals surface area contributed by atoms with E-state index < -0.39 is 0 Å². The topological polar surface area (TPSA) is 95.9 Å². The van der Waals surface area contributed by atoms with E-state index in [1.807, 2.05) is 13.1 Å². The van der Waals surface area contributed by atoms with E-state index >= 15 is 0 Å². The third kappa shape index (κ3) is 2.55. The predicted octanol–water partition coefficient (Wildman–Crippen LogP) is 0.998. The molecule has 3 aromatic rings. The molecule has 2 atom stereocenters. The second-order valence-corrected chi connectivity index (χ2v) is 6.25. The average molecular weight is 338 g/mol. The molecule has 2 amide bonds. The maximum Gasteiger partial charge on any atom is 0.251 e. The zero-order chi connectivity index (χ0) is 17.6. The van der Waals surface area contributed by atoms with Crippen LogP contribution < -0.4 is 5.32 Å². The van der Waals surface area contributed by atoms with Gasteiger partial charge in [0.05, 0.1) is 35.1 Å². The van der Waals surface area contributed by atoms with Crippen molar-refractivity contribution in [2.45, 2.75) is 18.5 Å². The van der Waals surface area contributed by atoms with E-state index in [0.717, 1.165) is 16.7 Å². The van der Waals surface area contributed by atoms with Crippen molar-refractivity contribution >= 4 is 22.8 Å². The number of nitrogens with one attached hydrogen (secondary N) is 2. The first-order valence-corrected chi connectivity index (χ1v) is 8.02. The fraction of sp³-hybridized carbons (Fsp3) is 0.294. The molecule has 2 aromatic heterocycles. The Morgan fingerprint density at radius 2 is 2.16 bits per heavy atom. The van der Waals surface area contributed by atoms with Crippen LogP contribution in [0.4, 0.5) is 0 Å². The number of likely N-dealkylation sites (N-methyl/N-ethyl adjacent to an activating group) is 1. The number of carbonyl (C=O) groups is 2. The lowest BCUT2D eigenvalue weighted by Crippen LogP contribution is -2.39. The third-order valence-electron chi connectivity index (χ3n) is 4.75. The highest BCUT2D eigenvalue weighted by molar-refractivity contribution is 5.98. The molecule has 4 rings (SSSR count). The van der Waals surface area contributed by atoms with Crippen molar-refractivity contribution in [3.8, 4) is 0 Å². The molecule has 25 heavy (non-hydrogen) atoms. The van der Waals surface area contributed by atoms with Gasteiger partial charge in [0.2, 0.25) is 5.91 Å². The van der Waals surface area contributed by atoms with E-state index in [-0.39, 0.29) is 30.3 Å². The van der Waals surface area contributed by atoms with Crippen LogP contribution in [0.2, 0.25) is 0 Å². The molecule has 0 unspecified atom stereocenters. The van der Waals surface area contributed by atoms with Crippen LogP contribution in [-0.2, 0) is 11.8 Å². The van der Waals surface area contributed by atoms with Gasteiger partial charge in [0.15, 0.2) is 0 Å². The molecule has 128 valence electrons. The number of rotatable bonds is 3. The van der Waals surface area contributed by atoms with Crippen molar-refractivity contribution in [3.63, 3.8) is 0 Å². The number of aryl methyl sites for hydroxylation is 1. The number of aromatic nitrogens is 4. The molecule has 1 fully saturated rings. The highest BCUT2D eigenvalue weighted by Crippen LogP contribution is 2.31. The summed E-state index contributed by atoms with van der Waals surface area (Å²) in [5.74, 6) is -0.211. The van der Waals surface area contributed by atoms with Crippen molar-refractivity contribution in [1.82, 2.24) is 30.0 Å². The van der Waals surface area contributed by atoms with Crippen LogP contribution in [0, 0.1) is 0 Å². The van der Waals surface area contributed by atoms with Gasteiger partial charge in [-0.2, -0.15) is 5.10 Å². The molecule has 3 heterocycles. The van der Waals surface area contributed by atoms with Gasteiger partial charge in [-0.15, -0.1) is 0 Å². The lowest BCUT2D eigenvalue weighted by Gasteiger charge is -2.25. The number of imidazole rings is 1. The van der Waals surface area contributed by atoms with E-state index in [1.54, 1.807) is 47.4 Å². The van der Waals surface area contributed by atoms with Crippen LogP contribution in [0.1, 0.15) is 28.5 Å². The summed E-state index contributed by atoms with van der Waals surface area (Å²) in [6, 6.07) is 6.62. The number of hydrogen-bond acceptors (Lipinski definition) is 4. The Morgan fingerprint density at radius 1 is 1.32 bits per heavy atom. The Bertz CT molecular complexity index is 959. The fourth-order valence-corrected chi connectivity index (χ4v) is 3.41. The van der Waals surface area contributed by atoms with E-state index in [4.69, 9.17) is 0 Å². The molecule has 1 aromatic carbocycles. The largest absolute Gasteiger partial charge is 0.346 e. The maximum atomic E-state index is 12.7. The van der Waals surface area contributed by atoms with Gasteiger partial charge in [-0.05, 0) is 24.3 Å². The lowest BCUT2D eigenvalue weighted by atomic mass is 10.0. The Balaban J connectivity index is 1.60. The smallest absolute Gasteiger partial charge is 0.251 e. The van der Waals surface area contributed by atoms with Gasteiger partial charge in [0.1, 0.15) is 0 Å². The number of carbonyl (C=O) groups excluding carboxylic acids is 2. The standard InChI is InChI=1S/C17H18N6O2/c1-22-15(24)8-13(16(22)14-5-6-20-23(14)2)21-17(25)10-3-4-11-12(7-10)19-9-18-11/h3-7,9,13,16H,8H2,1-2H3,(H,18,19)(H,21,25)/t13-,16-/m1/s1. The van der Waals surface area contributed by atoms with Crippen molar-refractivity contribution in [3.05, 3.63) is 48.0 Å². The number of benzene rings is 1. The molecule has 0 saturated carbocycles. The van der Waals surface area contributed by atoms with Crippen LogP contribution in [0.25, 0.3) is 11.0 Å². The summed E-state index contributed by atoms with van der Waals surface area (Å²) in [5, 5.41) is 7.18. The van der Waals surface area contributed by atoms with E-state index in [1.165, 1.54) is 0 Å². The van der Waals surface area contributed by atoms with Crippen molar-refractivity contribution in [2.75, 3.05) is 7.05 Å².